The Balaban J connectivity index is 1.52. The molecule has 5 atom stereocenters. The predicted molar refractivity (Wildman–Crippen MR) is 138 cm³/mol. The third-order valence-corrected chi connectivity index (χ3v) is 8.55. The Morgan fingerprint density at radius 3 is 2.41 bits per heavy atom. The topological polar surface area (TPSA) is 147 Å². The lowest BCUT2D eigenvalue weighted by Gasteiger charge is -2.41. The van der Waals surface area contributed by atoms with E-state index in [1.807, 2.05) is 30.3 Å². The summed E-state index contributed by atoms with van der Waals surface area (Å²) >= 11 is 6.51. The van der Waals surface area contributed by atoms with Gasteiger partial charge >= 0.3 is 7.75 Å². The van der Waals surface area contributed by atoms with Crippen LogP contribution in [0.4, 0.5) is 0 Å². The first-order valence-corrected chi connectivity index (χ1v) is 14.2. The van der Waals surface area contributed by atoms with Gasteiger partial charge in [-0.05, 0) is 60.9 Å². The van der Waals surface area contributed by atoms with E-state index in [4.69, 9.17) is 30.1 Å². The fraction of sp³-hybridized carbons (Fsp3) is 0.600. The lowest BCUT2D eigenvalue weighted by Crippen LogP contribution is -2.59. The van der Waals surface area contributed by atoms with E-state index in [0.717, 1.165) is 35.3 Å². The Bertz CT molecular complexity index is 977. The van der Waals surface area contributed by atoms with Crippen LogP contribution in [0.1, 0.15) is 31.2 Å². The van der Waals surface area contributed by atoms with Crippen LogP contribution in [0, 0.1) is 0 Å². The van der Waals surface area contributed by atoms with Gasteiger partial charge in [-0.25, -0.2) is 9.65 Å². The molecule has 2 aliphatic rings. The fourth-order valence-electron chi connectivity index (χ4n) is 4.33. The number of allylic oxidation sites excluding steroid dienone is 3. The first kappa shape index (κ1) is 30.2. The lowest BCUT2D eigenvalue weighted by atomic mass is 9.85. The maximum absolute atomic E-state index is 11.9. The predicted octanol–water partition coefficient (Wildman–Crippen LogP) is 2.43. The van der Waals surface area contributed by atoms with Crippen LogP contribution in [0.15, 0.2) is 46.5 Å². The highest BCUT2D eigenvalue weighted by atomic mass is 35.5. The van der Waals surface area contributed by atoms with Crippen molar-refractivity contribution in [1.29, 1.82) is 0 Å². The van der Waals surface area contributed by atoms with E-state index in [1.54, 1.807) is 0 Å². The van der Waals surface area contributed by atoms with Gasteiger partial charge in [-0.15, -0.1) is 0 Å². The van der Waals surface area contributed by atoms with E-state index in [1.165, 1.54) is 14.2 Å². The van der Waals surface area contributed by atoms with Gasteiger partial charge in [-0.2, -0.15) is 0 Å². The molecule has 37 heavy (non-hydrogen) atoms. The molecule has 0 bridgehead atoms. The van der Waals surface area contributed by atoms with Gasteiger partial charge in [-0.1, -0.05) is 29.8 Å². The van der Waals surface area contributed by atoms with Crippen LogP contribution < -0.4 is 9.82 Å². The van der Waals surface area contributed by atoms with Crippen molar-refractivity contribution >= 4 is 19.3 Å². The Kier molecular flexibility index (Phi) is 11.6. The molecule has 5 N–H and O–H groups in total. The first-order chi connectivity index (χ1) is 17.7. The van der Waals surface area contributed by atoms with Gasteiger partial charge in [0.15, 0.2) is 0 Å². The lowest BCUT2D eigenvalue weighted by molar-refractivity contribution is -0.219. The van der Waals surface area contributed by atoms with Gasteiger partial charge in [0.25, 0.3) is 0 Å². The fourth-order valence-corrected chi connectivity index (χ4v) is 5.38. The minimum atomic E-state index is -3.20. The molecular weight excluding hydrogens is 525 g/mol. The summed E-state index contributed by atoms with van der Waals surface area (Å²) in [7, 11) is -0.534. The summed E-state index contributed by atoms with van der Waals surface area (Å²) in [4.78, 5) is 0. The Labute approximate surface area is 222 Å². The third kappa shape index (κ3) is 8.10. The number of ether oxygens (including phenoxy) is 2. The average Bonchev–Trinajstić information content (AvgIpc) is 2.91. The summed E-state index contributed by atoms with van der Waals surface area (Å²) in [6, 6.07) is 7.68. The van der Waals surface area contributed by atoms with Crippen LogP contribution in [0.3, 0.4) is 0 Å². The molecule has 0 radical (unpaired) electrons. The number of hydrogen-bond acceptors (Lipinski definition) is 9. The number of hydrogen-bond donors (Lipinski definition) is 5. The van der Waals surface area contributed by atoms with E-state index in [0.29, 0.717) is 37.4 Å². The first-order valence-electron chi connectivity index (χ1n) is 12.3. The van der Waals surface area contributed by atoms with Gasteiger partial charge in [0.1, 0.15) is 36.3 Å². The SMILES string of the molecule is COP(=O)(NCCCCOc1ccc(CC2=C(Cl)CCC(C3OC(CO)C(O)C(O)C3O)=C2)cc1)OC. The molecule has 3 rings (SSSR count). The number of nitrogens with one attached hydrogen (secondary N) is 1. The molecule has 12 heteroatoms. The molecule has 1 aliphatic heterocycles. The largest absolute Gasteiger partial charge is 0.494 e. The highest BCUT2D eigenvalue weighted by Crippen LogP contribution is 2.41. The molecule has 1 saturated heterocycles. The Morgan fingerprint density at radius 1 is 1.05 bits per heavy atom. The van der Waals surface area contributed by atoms with Gasteiger partial charge in [0, 0.05) is 25.8 Å². The van der Waals surface area contributed by atoms with Crippen molar-refractivity contribution in [2.45, 2.75) is 62.6 Å². The van der Waals surface area contributed by atoms with Crippen molar-refractivity contribution in [3.63, 3.8) is 0 Å². The second-order valence-corrected chi connectivity index (χ2v) is 11.5. The average molecular weight is 562 g/mol. The molecule has 5 unspecified atom stereocenters. The highest BCUT2D eigenvalue weighted by molar-refractivity contribution is 7.51. The zero-order valence-electron chi connectivity index (χ0n) is 21.1. The Hall–Kier alpha value is -1.30. The minimum Gasteiger partial charge on any atom is -0.494 e. The van der Waals surface area contributed by atoms with E-state index in [-0.39, 0.29) is 0 Å². The van der Waals surface area contributed by atoms with Crippen molar-refractivity contribution in [3.8, 4) is 5.75 Å². The minimum absolute atomic E-state index is 0.465. The number of aliphatic hydroxyl groups excluding tert-OH is 4. The molecule has 1 fully saturated rings. The van der Waals surface area contributed by atoms with Crippen molar-refractivity contribution in [2.24, 2.45) is 0 Å². The molecule has 10 nitrogen and oxygen atoms in total. The maximum Gasteiger partial charge on any atom is 0.404 e. The van der Waals surface area contributed by atoms with Crippen molar-refractivity contribution in [3.05, 3.63) is 52.1 Å². The molecule has 0 saturated carbocycles. The highest BCUT2D eigenvalue weighted by Gasteiger charge is 2.44. The van der Waals surface area contributed by atoms with E-state index in [2.05, 4.69) is 5.09 Å². The number of aliphatic hydroxyl groups is 4. The van der Waals surface area contributed by atoms with Gasteiger partial charge < -0.3 is 38.9 Å². The second kappa shape index (κ2) is 14.2. The molecule has 1 heterocycles. The molecule has 1 aliphatic carbocycles. The van der Waals surface area contributed by atoms with Gasteiger partial charge in [0.2, 0.25) is 0 Å². The summed E-state index contributed by atoms with van der Waals surface area (Å²) in [5, 5.41) is 43.6. The van der Waals surface area contributed by atoms with E-state index >= 15 is 0 Å². The van der Waals surface area contributed by atoms with Crippen molar-refractivity contribution < 1.29 is 43.5 Å². The van der Waals surface area contributed by atoms with Crippen LogP contribution in [-0.4, -0.2) is 84.9 Å². The van der Waals surface area contributed by atoms with Crippen LogP contribution in [-0.2, 0) is 24.8 Å². The number of halogens is 1. The molecule has 0 aromatic heterocycles. The quantitative estimate of drug-likeness (QED) is 0.180. The molecular formula is C25H37ClNO9P. The second-order valence-electron chi connectivity index (χ2n) is 9.05. The van der Waals surface area contributed by atoms with Gasteiger partial charge in [0.05, 0.1) is 13.2 Å². The summed E-state index contributed by atoms with van der Waals surface area (Å²) in [5.41, 5.74) is 2.66. The summed E-state index contributed by atoms with van der Waals surface area (Å²) in [6.07, 6.45) is -0.843. The summed E-state index contributed by atoms with van der Waals surface area (Å²) in [6.45, 7) is 0.524. The van der Waals surface area contributed by atoms with E-state index < -0.39 is 44.9 Å². The van der Waals surface area contributed by atoms with Crippen LogP contribution in [0.2, 0.25) is 0 Å². The van der Waals surface area contributed by atoms with Crippen LogP contribution >= 0.6 is 19.3 Å². The van der Waals surface area contributed by atoms with Crippen LogP contribution in [0.5, 0.6) is 5.75 Å². The zero-order chi connectivity index (χ0) is 27.0. The molecule has 1 aromatic carbocycles. The third-order valence-electron chi connectivity index (χ3n) is 6.54. The molecule has 208 valence electrons. The number of unbranched alkanes of at least 4 members (excludes halogenated alkanes) is 1. The van der Waals surface area contributed by atoms with Crippen molar-refractivity contribution in [2.75, 3.05) is 34.0 Å². The molecule has 0 amide bonds. The van der Waals surface area contributed by atoms with Crippen molar-refractivity contribution in [1.82, 2.24) is 5.09 Å². The molecule has 1 aromatic rings. The van der Waals surface area contributed by atoms with E-state index in [9.17, 15) is 25.0 Å². The number of benzene rings is 1. The molecule has 0 spiro atoms. The Morgan fingerprint density at radius 2 is 1.76 bits per heavy atom. The maximum atomic E-state index is 11.9. The standard InChI is InChI=1S/C25H37ClNO9P/c1-33-37(32,34-2)27-11-3-4-12-35-19-8-5-16(6-9-19)13-18-14-17(7-10-20(18)26)25-24(31)23(30)22(29)21(15-28)36-25/h5-6,8-9,14,21-25,28-31H,3-4,7,10-13,15H2,1-2H3,(H,27,32). The number of rotatable bonds is 13. The zero-order valence-corrected chi connectivity index (χ0v) is 22.7. The van der Waals surface area contributed by atoms with Gasteiger partial charge in [-0.3, -0.25) is 0 Å². The monoisotopic (exact) mass is 561 g/mol. The normalized spacial score (nSPS) is 26.8. The smallest absolute Gasteiger partial charge is 0.404 e. The van der Waals surface area contributed by atoms with Crippen LogP contribution in [0.25, 0.3) is 0 Å². The summed E-state index contributed by atoms with van der Waals surface area (Å²) in [5.74, 6) is 0.734. The summed E-state index contributed by atoms with van der Waals surface area (Å²) < 4.78 is 33.1.